The van der Waals surface area contributed by atoms with Crippen LogP contribution in [0.25, 0.3) is 10.9 Å². The number of carbonyl (C=O) groups excluding carboxylic acids is 2. The number of nitrogens with zero attached hydrogens (tertiary/aromatic N) is 2. The maximum atomic E-state index is 13.6. The van der Waals surface area contributed by atoms with E-state index in [1.807, 2.05) is 31.2 Å². The number of urea groups is 1. The van der Waals surface area contributed by atoms with Gasteiger partial charge in [-0.2, -0.15) is 0 Å². The summed E-state index contributed by atoms with van der Waals surface area (Å²) in [4.78, 5) is 33.2. The molecule has 2 aliphatic rings. The predicted octanol–water partition coefficient (Wildman–Crippen LogP) is 3.42. The van der Waals surface area contributed by atoms with Gasteiger partial charge in [-0.3, -0.25) is 9.69 Å². The molecule has 0 bridgehead atoms. The number of methoxy groups -OCH3 is 2. The Bertz CT molecular complexity index is 1180. The third kappa shape index (κ3) is 2.38. The molecule has 3 amide bonds. The molecule has 1 atom stereocenters. The molecule has 1 unspecified atom stereocenters. The maximum Gasteiger partial charge on any atom is 0.328 e. The fourth-order valence-electron chi connectivity index (χ4n) is 4.76. The van der Waals surface area contributed by atoms with Gasteiger partial charge in [0.25, 0.3) is 5.91 Å². The Morgan fingerprint density at radius 2 is 1.83 bits per heavy atom. The molecule has 0 radical (unpaired) electrons. The molecule has 7 heteroatoms. The Morgan fingerprint density at radius 3 is 2.60 bits per heavy atom. The highest BCUT2D eigenvalue weighted by Gasteiger charge is 2.58. The summed E-state index contributed by atoms with van der Waals surface area (Å²) < 4.78 is 10.6. The lowest BCUT2D eigenvalue weighted by atomic mass is 9.87. The Labute approximate surface area is 174 Å². The molecule has 3 aromatic rings. The number of rotatable bonds is 4. The molecule has 1 fully saturated rings. The van der Waals surface area contributed by atoms with Crippen molar-refractivity contribution in [1.82, 2.24) is 14.8 Å². The molecular formula is C23H23N3O4. The van der Waals surface area contributed by atoms with Gasteiger partial charge < -0.3 is 19.4 Å². The Morgan fingerprint density at radius 1 is 1.07 bits per heavy atom. The van der Waals surface area contributed by atoms with Crippen LogP contribution in [0, 0.1) is 0 Å². The van der Waals surface area contributed by atoms with Gasteiger partial charge in [0.15, 0.2) is 17.0 Å². The Kier molecular flexibility index (Phi) is 4.03. The molecule has 154 valence electrons. The average molecular weight is 405 g/mol. The molecule has 3 heterocycles. The van der Waals surface area contributed by atoms with Crippen LogP contribution >= 0.6 is 0 Å². The number of aromatic nitrogens is 1. The number of benzene rings is 2. The van der Waals surface area contributed by atoms with E-state index in [0.29, 0.717) is 18.0 Å². The molecule has 1 N–H and O–H groups in total. The van der Waals surface area contributed by atoms with E-state index in [2.05, 4.69) is 11.1 Å². The first-order valence-corrected chi connectivity index (χ1v) is 9.93. The van der Waals surface area contributed by atoms with Crippen molar-refractivity contribution >= 4 is 22.8 Å². The third-order valence-electron chi connectivity index (χ3n) is 6.34. The summed E-state index contributed by atoms with van der Waals surface area (Å²) in [6.45, 7) is 2.53. The lowest BCUT2D eigenvalue weighted by Gasteiger charge is -2.36. The van der Waals surface area contributed by atoms with Gasteiger partial charge in [0, 0.05) is 17.4 Å². The number of carbonyl (C=O) groups is 2. The van der Waals surface area contributed by atoms with Crippen LogP contribution in [0.15, 0.2) is 42.5 Å². The standard InChI is InChI=1S/C23H23N3O4/c1-23-20-16(15-6-4-5-7-17(15)24-20)10-11-26(23)22(28)25(21(23)27)13-14-8-9-18(29-2)19(12-14)30-3/h4-9,12,24H,10-11,13H2,1-3H3. The summed E-state index contributed by atoms with van der Waals surface area (Å²) in [5.41, 5.74) is 2.71. The predicted molar refractivity (Wildman–Crippen MR) is 112 cm³/mol. The van der Waals surface area contributed by atoms with Gasteiger partial charge >= 0.3 is 6.03 Å². The van der Waals surface area contributed by atoms with Gasteiger partial charge in [0.1, 0.15) is 0 Å². The molecule has 0 spiro atoms. The second-order valence-corrected chi connectivity index (χ2v) is 7.86. The zero-order chi connectivity index (χ0) is 21.0. The molecular weight excluding hydrogens is 382 g/mol. The van der Waals surface area contributed by atoms with Gasteiger partial charge in [-0.15, -0.1) is 0 Å². The second-order valence-electron chi connectivity index (χ2n) is 7.86. The number of aromatic amines is 1. The molecule has 2 aromatic carbocycles. The van der Waals surface area contributed by atoms with Crippen molar-refractivity contribution in [2.24, 2.45) is 0 Å². The van der Waals surface area contributed by atoms with Crippen molar-refractivity contribution in [3.63, 3.8) is 0 Å². The lowest BCUT2D eigenvalue weighted by Crippen LogP contribution is -2.48. The van der Waals surface area contributed by atoms with Crippen LogP contribution < -0.4 is 9.47 Å². The number of amides is 3. The third-order valence-corrected chi connectivity index (χ3v) is 6.34. The second kappa shape index (κ2) is 6.52. The summed E-state index contributed by atoms with van der Waals surface area (Å²) in [5, 5.41) is 1.12. The smallest absolute Gasteiger partial charge is 0.328 e. The summed E-state index contributed by atoms with van der Waals surface area (Å²) >= 11 is 0. The molecule has 0 aliphatic carbocycles. The van der Waals surface area contributed by atoms with Crippen LogP contribution in [0.5, 0.6) is 11.5 Å². The highest BCUT2D eigenvalue weighted by atomic mass is 16.5. The zero-order valence-corrected chi connectivity index (χ0v) is 17.2. The van der Waals surface area contributed by atoms with E-state index in [9.17, 15) is 9.59 Å². The number of imide groups is 1. The SMILES string of the molecule is COc1ccc(CN2C(=O)N3CCc4c([nH]c5ccccc45)C3(C)C2=O)cc1OC. The molecule has 1 aromatic heterocycles. The van der Waals surface area contributed by atoms with Crippen molar-refractivity contribution in [2.45, 2.75) is 25.4 Å². The largest absolute Gasteiger partial charge is 0.493 e. The van der Waals surface area contributed by atoms with Gasteiger partial charge in [-0.05, 0) is 42.7 Å². The van der Waals surface area contributed by atoms with Gasteiger partial charge in [-0.1, -0.05) is 24.3 Å². The normalized spacial score (nSPS) is 20.5. The molecule has 2 aliphatic heterocycles. The van der Waals surface area contributed by atoms with Crippen LogP contribution in [-0.2, 0) is 23.3 Å². The lowest BCUT2D eigenvalue weighted by molar-refractivity contribution is -0.133. The minimum absolute atomic E-state index is 0.180. The molecule has 1 saturated heterocycles. The zero-order valence-electron chi connectivity index (χ0n) is 17.2. The van der Waals surface area contributed by atoms with E-state index in [1.165, 1.54) is 4.90 Å². The van der Waals surface area contributed by atoms with Gasteiger partial charge in [0.2, 0.25) is 0 Å². The summed E-state index contributed by atoms with van der Waals surface area (Å²) in [5.74, 6) is 0.957. The number of hydrogen-bond donors (Lipinski definition) is 1. The first kappa shape index (κ1) is 18.5. The van der Waals surface area contributed by atoms with E-state index in [0.717, 1.165) is 34.1 Å². The highest BCUT2D eigenvalue weighted by Crippen LogP contribution is 2.44. The van der Waals surface area contributed by atoms with Crippen molar-refractivity contribution in [3.05, 3.63) is 59.3 Å². The van der Waals surface area contributed by atoms with Crippen LogP contribution in [0.2, 0.25) is 0 Å². The van der Waals surface area contributed by atoms with Crippen molar-refractivity contribution in [3.8, 4) is 11.5 Å². The number of fused-ring (bicyclic) bond motifs is 5. The number of ether oxygens (including phenoxy) is 2. The molecule has 7 nitrogen and oxygen atoms in total. The topological polar surface area (TPSA) is 74.9 Å². The van der Waals surface area contributed by atoms with Crippen molar-refractivity contribution < 1.29 is 19.1 Å². The Hall–Kier alpha value is -3.48. The minimum atomic E-state index is -1.03. The number of para-hydroxylation sites is 1. The van der Waals surface area contributed by atoms with Crippen molar-refractivity contribution in [2.75, 3.05) is 20.8 Å². The van der Waals surface area contributed by atoms with Crippen LogP contribution in [0.4, 0.5) is 4.79 Å². The quantitative estimate of drug-likeness (QED) is 0.675. The number of nitrogens with one attached hydrogen (secondary N) is 1. The molecule has 5 rings (SSSR count). The first-order valence-electron chi connectivity index (χ1n) is 9.93. The van der Waals surface area contributed by atoms with Crippen LogP contribution in [-0.4, -0.2) is 47.5 Å². The van der Waals surface area contributed by atoms with E-state index in [4.69, 9.17) is 9.47 Å². The number of hydrogen-bond acceptors (Lipinski definition) is 4. The van der Waals surface area contributed by atoms with Crippen LogP contribution in [0.1, 0.15) is 23.7 Å². The highest BCUT2D eigenvalue weighted by molar-refractivity contribution is 6.08. The van der Waals surface area contributed by atoms with E-state index in [1.54, 1.807) is 31.3 Å². The van der Waals surface area contributed by atoms with E-state index < -0.39 is 5.54 Å². The minimum Gasteiger partial charge on any atom is -0.493 e. The fraction of sp³-hybridized carbons (Fsp3) is 0.304. The van der Waals surface area contributed by atoms with E-state index in [-0.39, 0.29) is 18.5 Å². The van der Waals surface area contributed by atoms with Crippen LogP contribution in [0.3, 0.4) is 0 Å². The summed E-state index contributed by atoms with van der Waals surface area (Å²) in [6.07, 6.45) is 0.720. The molecule has 30 heavy (non-hydrogen) atoms. The number of H-pyrrole nitrogens is 1. The summed E-state index contributed by atoms with van der Waals surface area (Å²) in [7, 11) is 3.13. The monoisotopic (exact) mass is 405 g/mol. The summed E-state index contributed by atoms with van der Waals surface area (Å²) in [6, 6.07) is 13.2. The van der Waals surface area contributed by atoms with E-state index >= 15 is 0 Å². The van der Waals surface area contributed by atoms with Gasteiger partial charge in [-0.25, -0.2) is 4.79 Å². The Balaban J connectivity index is 1.54. The molecule has 0 saturated carbocycles. The fourth-order valence-corrected chi connectivity index (χ4v) is 4.76. The van der Waals surface area contributed by atoms with Gasteiger partial charge in [0.05, 0.1) is 26.5 Å². The maximum absolute atomic E-state index is 13.6. The van der Waals surface area contributed by atoms with Crippen molar-refractivity contribution in [1.29, 1.82) is 0 Å². The average Bonchev–Trinajstić information content (AvgIpc) is 3.24. The first-order chi connectivity index (χ1) is 14.5.